The zero-order valence-corrected chi connectivity index (χ0v) is 15.2. The molecular formula is C20H15FN4OS. The zero-order chi connectivity index (χ0) is 19.0. The van der Waals surface area contributed by atoms with Gasteiger partial charge in [0.25, 0.3) is 5.91 Å². The number of nitrogen functional groups attached to an aromatic ring is 1. The lowest BCUT2D eigenvalue weighted by Gasteiger charge is -2.10. The highest BCUT2D eigenvalue weighted by Gasteiger charge is 2.11. The summed E-state index contributed by atoms with van der Waals surface area (Å²) in [6.07, 6.45) is 1.75. The number of carbonyl (C=O) groups excluding carboxylic acids is 1. The Morgan fingerprint density at radius 1 is 1.15 bits per heavy atom. The number of nitrogens with two attached hydrogens (primary N) is 1. The number of nitrogens with zero attached hydrogens (tertiary/aromatic N) is 2. The third kappa shape index (κ3) is 3.50. The molecule has 0 aliphatic rings. The van der Waals surface area contributed by atoms with E-state index in [0.717, 1.165) is 21.3 Å². The second-order valence-corrected chi connectivity index (χ2v) is 7.12. The predicted octanol–water partition coefficient (Wildman–Crippen LogP) is 4.64. The van der Waals surface area contributed by atoms with E-state index in [2.05, 4.69) is 15.3 Å². The molecule has 7 heteroatoms. The first-order valence-electron chi connectivity index (χ1n) is 8.19. The van der Waals surface area contributed by atoms with Crippen LogP contribution < -0.4 is 11.1 Å². The molecule has 0 atom stereocenters. The summed E-state index contributed by atoms with van der Waals surface area (Å²) in [6, 6.07) is 13.2. The number of fused-ring (bicyclic) bond motifs is 1. The largest absolute Gasteiger partial charge is 0.375 e. The number of pyridine rings is 1. The maximum atomic E-state index is 13.4. The molecule has 2 aromatic heterocycles. The molecule has 0 aliphatic heterocycles. The molecule has 0 unspecified atom stereocenters. The molecule has 2 aromatic carbocycles. The van der Waals surface area contributed by atoms with Crippen LogP contribution in [0.15, 0.2) is 54.7 Å². The quantitative estimate of drug-likeness (QED) is 0.544. The van der Waals surface area contributed by atoms with Crippen molar-refractivity contribution in [3.05, 3.63) is 71.8 Å². The van der Waals surface area contributed by atoms with Gasteiger partial charge in [-0.05, 0) is 48.9 Å². The number of hydrogen-bond donors (Lipinski definition) is 2. The molecule has 0 aliphatic carbocycles. The third-order valence-electron chi connectivity index (χ3n) is 4.16. The van der Waals surface area contributed by atoms with Crippen LogP contribution in [-0.4, -0.2) is 15.9 Å². The smallest absolute Gasteiger partial charge is 0.255 e. The van der Waals surface area contributed by atoms with Gasteiger partial charge in [0.1, 0.15) is 5.82 Å². The summed E-state index contributed by atoms with van der Waals surface area (Å²) in [4.78, 5) is 21.0. The molecule has 4 rings (SSSR count). The van der Waals surface area contributed by atoms with Crippen molar-refractivity contribution in [3.63, 3.8) is 0 Å². The molecule has 1 amide bonds. The van der Waals surface area contributed by atoms with E-state index in [1.165, 1.54) is 29.5 Å². The lowest BCUT2D eigenvalue weighted by Crippen LogP contribution is -2.13. The summed E-state index contributed by atoms with van der Waals surface area (Å²) >= 11 is 1.42. The Kier molecular flexibility index (Phi) is 4.29. The summed E-state index contributed by atoms with van der Waals surface area (Å²) < 4.78 is 14.3. The second-order valence-electron chi connectivity index (χ2n) is 6.06. The second kappa shape index (κ2) is 6.77. The number of amides is 1. The van der Waals surface area contributed by atoms with Crippen molar-refractivity contribution in [3.8, 4) is 11.1 Å². The van der Waals surface area contributed by atoms with E-state index >= 15 is 0 Å². The van der Waals surface area contributed by atoms with E-state index in [1.54, 1.807) is 19.2 Å². The molecule has 5 nitrogen and oxygen atoms in total. The fourth-order valence-corrected chi connectivity index (χ4v) is 3.54. The van der Waals surface area contributed by atoms with Crippen LogP contribution in [0.3, 0.4) is 0 Å². The Morgan fingerprint density at radius 3 is 2.81 bits per heavy atom. The van der Waals surface area contributed by atoms with Crippen LogP contribution >= 0.6 is 11.3 Å². The number of nitrogens with one attached hydrogen (secondary N) is 1. The average molecular weight is 378 g/mol. The van der Waals surface area contributed by atoms with Crippen molar-refractivity contribution in [2.45, 2.75) is 6.92 Å². The standard InChI is InChI=1S/C20H15FN4OS/c1-11-17(24-19(26)13-3-2-4-15(21)7-13)8-14(10-23-11)12-5-6-16-18(9-12)27-20(22)25-16/h2-10H,1H3,(H2,22,25)(H,24,26). The van der Waals surface area contributed by atoms with Crippen LogP contribution in [0.4, 0.5) is 15.2 Å². The van der Waals surface area contributed by atoms with Crippen molar-refractivity contribution < 1.29 is 9.18 Å². The highest BCUT2D eigenvalue weighted by Crippen LogP contribution is 2.30. The molecular weight excluding hydrogens is 363 g/mol. The van der Waals surface area contributed by atoms with Crippen LogP contribution in [0.1, 0.15) is 16.1 Å². The first kappa shape index (κ1) is 17.1. The molecule has 0 saturated heterocycles. The van der Waals surface area contributed by atoms with E-state index in [1.807, 2.05) is 24.3 Å². The van der Waals surface area contributed by atoms with Gasteiger partial charge in [-0.2, -0.15) is 0 Å². The minimum absolute atomic E-state index is 0.251. The number of benzene rings is 2. The Morgan fingerprint density at radius 2 is 2.00 bits per heavy atom. The Hall–Kier alpha value is -3.32. The Labute approximate surface area is 158 Å². The van der Waals surface area contributed by atoms with E-state index in [9.17, 15) is 9.18 Å². The molecule has 0 bridgehead atoms. The average Bonchev–Trinajstić information content (AvgIpc) is 3.02. The van der Waals surface area contributed by atoms with E-state index in [-0.39, 0.29) is 11.5 Å². The fourth-order valence-electron chi connectivity index (χ4n) is 2.76. The molecule has 0 radical (unpaired) electrons. The minimum Gasteiger partial charge on any atom is -0.375 e. The zero-order valence-electron chi connectivity index (χ0n) is 14.4. The molecule has 3 N–H and O–H groups in total. The highest BCUT2D eigenvalue weighted by molar-refractivity contribution is 7.22. The molecule has 27 heavy (non-hydrogen) atoms. The van der Waals surface area contributed by atoms with Crippen LogP contribution in [0.5, 0.6) is 0 Å². The molecule has 0 fully saturated rings. The van der Waals surface area contributed by atoms with Crippen molar-refractivity contribution in [1.29, 1.82) is 0 Å². The van der Waals surface area contributed by atoms with Gasteiger partial charge >= 0.3 is 0 Å². The van der Waals surface area contributed by atoms with Crippen molar-refractivity contribution >= 4 is 38.3 Å². The number of thiazole rings is 1. The van der Waals surface area contributed by atoms with Crippen molar-refractivity contribution in [1.82, 2.24) is 9.97 Å². The lowest BCUT2D eigenvalue weighted by atomic mass is 10.1. The summed E-state index contributed by atoms with van der Waals surface area (Å²) in [7, 11) is 0. The first-order valence-corrected chi connectivity index (χ1v) is 9.01. The number of aryl methyl sites for hydroxylation is 1. The summed E-state index contributed by atoms with van der Waals surface area (Å²) in [5.74, 6) is -0.842. The van der Waals surface area contributed by atoms with Gasteiger partial charge in [-0.15, -0.1) is 0 Å². The minimum atomic E-state index is -0.455. The summed E-state index contributed by atoms with van der Waals surface area (Å²) in [5, 5.41) is 3.33. The van der Waals surface area contributed by atoms with Gasteiger partial charge in [0, 0.05) is 17.3 Å². The molecule has 4 aromatic rings. The normalized spacial score (nSPS) is 10.9. The van der Waals surface area contributed by atoms with Gasteiger partial charge in [0.2, 0.25) is 0 Å². The third-order valence-corrected chi connectivity index (χ3v) is 5.01. The number of aromatic nitrogens is 2. The Bertz CT molecular complexity index is 1170. The number of anilines is 2. The number of carbonyl (C=O) groups is 1. The maximum Gasteiger partial charge on any atom is 0.255 e. The topological polar surface area (TPSA) is 80.9 Å². The highest BCUT2D eigenvalue weighted by atomic mass is 32.1. The van der Waals surface area contributed by atoms with Gasteiger partial charge in [0.05, 0.1) is 21.6 Å². The van der Waals surface area contributed by atoms with Crippen LogP contribution in [0, 0.1) is 12.7 Å². The Balaban J connectivity index is 1.67. The van der Waals surface area contributed by atoms with Gasteiger partial charge in [0.15, 0.2) is 5.13 Å². The van der Waals surface area contributed by atoms with E-state index < -0.39 is 5.82 Å². The van der Waals surface area contributed by atoms with Crippen LogP contribution in [-0.2, 0) is 0 Å². The first-order chi connectivity index (χ1) is 13.0. The van der Waals surface area contributed by atoms with Gasteiger partial charge in [-0.1, -0.05) is 23.5 Å². The monoisotopic (exact) mass is 378 g/mol. The van der Waals surface area contributed by atoms with Gasteiger partial charge in [-0.25, -0.2) is 9.37 Å². The van der Waals surface area contributed by atoms with Crippen LogP contribution in [0.25, 0.3) is 21.3 Å². The number of rotatable bonds is 3. The summed E-state index contributed by atoms with van der Waals surface area (Å²) in [5.41, 5.74) is 9.91. The van der Waals surface area contributed by atoms with Crippen LogP contribution in [0.2, 0.25) is 0 Å². The fraction of sp³-hybridized carbons (Fsp3) is 0.0500. The summed E-state index contributed by atoms with van der Waals surface area (Å²) in [6.45, 7) is 1.80. The lowest BCUT2D eigenvalue weighted by molar-refractivity contribution is 0.102. The molecule has 134 valence electrons. The molecule has 0 spiro atoms. The molecule has 2 heterocycles. The molecule has 0 saturated carbocycles. The van der Waals surface area contributed by atoms with E-state index in [0.29, 0.717) is 16.5 Å². The van der Waals surface area contributed by atoms with Gasteiger partial charge < -0.3 is 11.1 Å². The van der Waals surface area contributed by atoms with Crippen molar-refractivity contribution in [2.24, 2.45) is 0 Å². The number of halogens is 1. The predicted molar refractivity (Wildman–Crippen MR) is 106 cm³/mol. The van der Waals surface area contributed by atoms with E-state index in [4.69, 9.17) is 5.73 Å². The number of hydrogen-bond acceptors (Lipinski definition) is 5. The van der Waals surface area contributed by atoms with Crippen molar-refractivity contribution in [2.75, 3.05) is 11.1 Å². The van der Waals surface area contributed by atoms with Gasteiger partial charge in [-0.3, -0.25) is 9.78 Å². The SMILES string of the molecule is Cc1ncc(-c2ccc3nc(N)sc3c2)cc1NC(=O)c1cccc(F)c1. The maximum absolute atomic E-state index is 13.4.